The van der Waals surface area contributed by atoms with Crippen molar-refractivity contribution < 1.29 is 19.1 Å². The normalized spacial score (nSPS) is 20.3. The number of hydrogen-bond acceptors (Lipinski definition) is 4. The molecule has 0 spiro atoms. The summed E-state index contributed by atoms with van der Waals surface area (Å²) in [7, 11) is 0. The first-order chi connectivity index (χ1) is 11.5. The second kappa shape index (κ2) is 8.92. The first kappa shape index (κ1) is 18.6. The van der Waals surface area contributed by atoms with Gasteiger partial charge in [0.2, 0.25) is 0 Å². The van der Waals surface area contributed by atoms with Gasteiger partial charge in [-0.15, -0.1) is 0 Å². The van der Waals surface area contributed by atoms with Crippen LogP contribution in [0, 0.1) is 12.8 Å². The Hall–Kier alpha value is -1.75. The third kappa shape index (κ3) is 5.71. The molecule has 24 heavy (non-hydrogen) atoms. The standard InChI is InChI=1S/C18H24ClNO4/c1-12-5-3-4-6-16(12)20-17(21)10-24-18(22)11-23-14-7-8-15(19)13(2)9-14/h7-9,12,16H,3-6,10-11H2,1-2H3,(H,20,21)/t12-,16+/m1/s1. The summed E-state index contributed by atoms with van der Waals surface area (Å²) in [5.41, 5.74) is 0.864. The molecule has 0 heterocycles. The van der Waals surface area contributed by atoms with Gasteiger partial charge in [0.1, 0.15) is 5.75 Å². The maximum atomic E-state index is 11.9. The van der Waals surface area contributed by atoms with Gasteiger partial charge in [0.05, 0.1) is 0 Å². The summed E-state index contributed by atoms with van der Waals surface area (Å²) in [5.74, 6) is 0.170. The Labute approximate surface area is 147 Å². The summed E-state index contributed by atoms with van der Waals surface area (Å²) in [5, 5.41) is 3.58. The first-order valence-corrected chi connectivity index (χ1v) is 8.67. The lowest BCUT2D eigenvalue weighted by molar-refractivity contribution is -0.150. The van der Waals surface area contributed by atoms with Crippen LogP contribution in [-0.2, 0) is 14.3 Å². The minimum atomic E-state index is -0.575. The summed E-state index contributed by atoms with van der Waals surface area (Å²) < 4.78 is 10.3. The van der Waals surface area contributed by atoms with Crippen LogP contribution in [0.1, 0.15) is 38.2 Å². The molecule has 1 saturated carbocycles. The predicted octanol–water partition coefficient (Wildman–Crippen LogP) is 3.27. The number of carbonyl (C=O) groups is 2. The molecule has 2 rings (SSSR count). The van der Waals surface area contributed by atoms with Crippen LogP contribution in [-0.4, -0.2) is 31.1 Å². The Bertz CT molecular complexity index is 590. The zero-order chi connectivity index (χ0) is 17.5. The second-order valence-electron chi connectivity index (χ2n) is 6.30. The van der Waals surface area contributed by atoms with E-state index in [2.05, 4.69) is 12.2 Å². The average Bonchev–Trinajstić information content (AvgIpc) is 2.56. The van der Waals surface area contributed by atoms with E-state index >= 15 is 0 Å². The van der Waals surface area contributed by atoms with Crippen LogP contribution in [0.15, 0.2) is 18.2 Å². The Morgan fingerprint density at radius 2 is 2.00 bits per heavy atom. The van der Waals surface area contributed by atoms with Gasteiger partial charge in [-0.1, -0.05) is 31.4 Å². The van der Waals surface area contributed by atoms with E-state index in [1.54, 1.807) is 18.2 Å². The van der Waals surface area contributed by atoms with Crippen molar-refractivity contribution in [2.24, 2.45) is 5.92 Å². The van der Waals surface area contributed by atoms with Crippen molar-refractivity contribution in [3.63, 3.8) is 0 Å². The minimum absolute atomic E-state index is 0.179. The molecule has 1 aromatic rings. The van der Waals surface area contributed by atoms with Crippen molar-refractivity contribution in [1.29, 1.82) is 0 Å². The third-order valence-electron chi connectivity index (χ3n) is 4.31. The van der Waals surface area contributed by atoms with Gasteiger partial charge < -0.3 is 14.8 Å². The first-order valence-electron chi connectivity index (χ1n) is 8.29. The molecule has 6 heteroatoms. The van der Waals surface area contributed by atoms with Crippen LogP contribution in [0.25, 0.3) is 0 Å². The molecule has 0 radical (unpaired) electrons. The molecule has 1 fully saturated rings. The Kier molecular flexibility index (Phi) is 6.91. The van der Waals surface area contributed by atoms with Gasteiger partial charge in [-0.25, -0.2) is 4.79 Å². The van der Waals surface area contributed by atoms with Crippen LogP contribution >= 0.6 is 11.6 Å². The van der Waals surface area contributed by atoms with E-state index in [9.17, 15) is 9.59 Å². The number of aryl methyl sites for hydroxylation is 1. The molecule has 132 valence electrons. The van der Waals surface area contributed by atoms with Crippen LogP contribution in [0.2, 0.25) is 5.02 Å². The highest BCUT2D eigenvalue weighted by Crippen LogP contribution is 2.23. The van der Waals surface area contributed by atoms with Crippen LogP contribution < -0.4 is 10.1 Å². The number of rotatable bonds is 6. The van der Waals surface area contributed by atoms with Gasteiger partial charge in [-0.3, -0.25) is 4.79 Å². The third-order valence-corrected chi connectivity index (χ3v) is 4.73. The number of carbonyl (C=O) groups excluding carboxylic acids is 2. The van der Waals surface area contributed by atoms with Gasteiger partial charge in [0, 0.05) is 11.1 Å². The molecule has 0 aromatic heterocycles. The zero-order valence-corrected chi connectivity index (χ0v) is 14.9. The number of ether oxygens (including phenoxy) is 2. The maximum Gasteiger partial charge on any atom is 0.344 e. The van der Waals surface area contributed by atoms with Crippen LogP contribution in [0.4, 0.5) is 0 Å². The van der Waals surface area contributed by atoms with Crippen molar-refractivity contribution in [3.8, 4) is 5.75 Å². The molecule has 1 amide bonds. The minimum Gasteiger partial charge on any atom is -0.482 e. The summed E-state index contributed by atoms with van der Waals surface area (Å²) >= 11 is 5.93. The number of benzene rings is 1. The molecular formula is C18H24ClNO4. The second-order valence-corrected chi connectivity index (χ2v) is 6.70. The Morgan fingerprint density at radius 1 is 1.25 bits per heavy atom. The molecule has 2 atom stereocenters. The molecule has 1 N–H and O–H groups in total. The van der Waals surface area contributed by atoms with E-state index in [4.69, 9.17) is 21.1 Å². The molecule has 0 saturated heterocycles. The highest BCUT2D eigenvalue weighted by Gasteiger charge is 2.23. The SMILES string of the molecule is Cc1cc(OCC(=O)OCC(=O)N[C@H]2CCCC[C@H]2C)ccc1Cl. The monoisotopic (exact) mass is 353 g/mol. The highest BCUT2D eigenvalue weighted by molar-refractivity contribution is 6.31. The fourth-order valence-electron chi connectivity index (χ4n) is 2.82. The van der Waals surface area contributed by atoms with Crippen molar-refractivity contribution in [2.75, 3.05) is 13.2 Å². The molecule has 1 aromatic carbocycles. The molecule has 0 bridgehead atoms. The summed E-state index contributed by atoms with van der Waals surface area (Å²) in [6, 6.07) is 5.31. The van der Waals surface area contributed by atoms with Gasteiger partial charge in [0.25, 0.3) is 5.91 Å². The zero-order valence-electron chi connectivity index (χ0n) is 14.1. The van der Waals surface area contributed by atoms with Gasteiger partial charge in [-0.2, -0.15) is 0 Å². The van der Waals surface area contributed by atoms with Crippen molar-refractivity contribution in [1.82, 2.24) is 5.32 Å². The smallest absolute Gasteiger partial charge is 0.344 e. The number of nitrogens with one attached hydrogen (secondary N) is 1. The topological polar surface area (TPSA) is 64.6 Å². The van der Waals surface area contributed by atoms with E-state index in [1.165, 1.54) is 6.42 Å². The number of esters is 1. The number of hydrogen-bond donors (Lipinski definition) is 1. The highest BCUT2D eigenvalue weighted by atomic mass is 35.5. The van der Waals surface area contributed by atoms with E-state index in [-0.39, 0.29) is 25.2 Å². The van der Waals surface area contributed by atoms with Crippen molar-refractivity contribution in [3.05, 3.63) is 28.8 Å². The lowest BCUT2D eigenvalue weighted by atomic mass is 9.86. The van der Waals surface area contributed by atoms with Crippen LogP contribution in [0.3, 0.4) is 0 Å². The molecular weight excluding hydrogens is 330 g/mol. The maximum absolute atomic E-state index is 11.9. The molecule has 0 aliphatic heterocycles. The van der Waals surface area contributed by atoms with Gasteiger partial charge in [0.15, 0.2) is 13.2 Å². The molecule has 0 unspecified atom stereocenters. The van der Waals surface area contributed by atoms with Gasteiger partial charge in [-0.05, 0) is 49.4 Å². The molecule has 5 nitrogen and oxygen atoms in total. The number of halogens is 1. The van der Waals surface area contributed by atoms with Crippen LogP contribution in [0.5, 0.6) is 5.75 Å². The van der Waals surface area contributed by atoms with E-state index < -0.39 is 5.97 Å². The quantitative estimate of drug-likeness (QED) is 0.797. The molecule has 1 aliphatic rings. The van der Waals surface area contributed by atoms with Crippen molar-refractivity contribution in [2.45, 2.75) is 45.6 Å². The predicted molar refractivity (Wildman–Crippen MR) is 92.2 cm³/mol. The van der Waals surface area contributed by atoms with E-state index in [0.717, 1.165) is 24.8 Å². The molecule has 1 aliphatic carbocycles. The Morgan fingerprint density at radius 3 is 2.71 bits per heavy atom. The fraction of sp³-hybridized carbons (Fsp3) is 0.556. The lowest BCUT2D eigenvalue weighted by Gasteiger charge is -2.29. The lowest BCUT2D eigenvalue weighted by Crippen LogP contribution is -2.43. The van der Waals surface area contributed by atoms with Crippen molar-refractivity contribution >= 4 is 23.5 Å². The average molecular weight is 354 g/mol. The summed E-state index contributed by atoms with van der Waals surface area (Å²) in [6.07, 6.45) is 4.45. The van der Waals surface area contributed by atoms with Gasteiger partial charge >= 0.3 is 5.97 Å². The van der Waals surface area contributed by atoms with E-state index in [1.807, 2.05) is 6.92 Å². The largest absolute Gasteiger partial charge is 0.482 e. The van der Waals surface area contributed by atoms with E-state index in [0.29, 0.717) is 16.7 Å². The number of amides is 1. The summed E-state index contributed by atoms with van der Waals surface area (Å²) in [4.78, 5) is 23.5. The Balaban J connectivity index is 1.68. The fourth-order valence-corrected chi connectivity index (χ4v) is 2.93. The summed E-state index contributed by atoms with van der Waals surface area (Å²) in [6.45, 7) is 3.47.